The van der Waals surface area contributed by atoms with Gasteiger partial charge in [0.1, 0.15) is 12.4 Å². The van der Waals surface area contributed by atoms with Crippen LogP contribution in [-0.2, 0) is 13.2 Å². The van der Waals surface area contributed by atoms with Gasteiger partial charge in [0.15, 0.2) is 0 Å². The smallest absolute Gasteiger partial charge is 0.124 e. The van der Waals surface area contributed by atoms with E-state index in [4.69, 9.17) is 16.3 Å². The lowest BCUT2D eigenvalue weighted by atomic mass is 9.91. The SMILES string of the molecule is CC(C)NCC1(O)CCN(Cc2cc(Br)ccc2OCc2ccc(Cl)cc2)CC1. The maximum atomic E-state index is 10.8. The number of ether oxygens (including phenoxy) is 1. The van der Waals surface area contributed by atoms with E-state index in [2.05, 4.69) is 46.1 Å². The Bertz CT molecular complexity index is 790. The van der Waals surface area contributed by atoms with Crippen molar-refractivity contribution >= 4 is 27.5 Å². The molecule has 0 atom stereocenters. The molecule has 2 N–H and O–H groups in total. The van der Waals surface area contributed by atoms with E-state index in [1.807, 2.05) is 36.4 Å². The summed E-state index contributed by atoms with van der Waals surface area (Å²) in [6.07, 6.45) is 1.56. The van der Waals surface area contributed by atoms with E-state index < -0.39 is 5.60 Å². The van der Waals surface area contributed by atoms with Crippen LogP contribution in [-0.4, -0.2) is 41.3 Å². The molecule has 2 aromatic rings. The number of aliphatic hydroxyl groups is 1. The summed E-state index contributed by atoms with van der Waals surface area (Å²) in [5, 5.41) is 14.9. The third-order valence-corrected chi connectivity index (χ3v) is 6.10. The van der Waals surface area contributed by atoms with E-state index in [9.17, 15) is 5.11 Å². The van der Waals surface area contributed by atoms with Gasteiger partial charge in [-0.3, -0.25) is 4.90 Å². The first-order valence-corrected chi connectivity index (χ1v) is 11.3. The zero-order chi connectivity index (χ0) is 20.9. The molecule has 1 saturated heterocycles. The normalized spacial score (nSPS) is 16.9. The molecule has 0 spiro atoms. The highest BCUT2D eigenvalue weighted by molar-refractivity contribution is 9.10. The quantitative estimate of drug-likeness (QED) is 0.556. The Hall–Kier alpha value is -1.11. The highest BCUT2D eigenvalue weighted by Crippen LogP contribution is 2.28. The van der Waals surface area contributed by atoms with E-state index in [0.29, 0.717) is 19.2 Å². The number of nitrogens with one attached hydrogen (secondary N) is 1. The predicted octanol–water partition coefficient (Wildman–Crippen LogP) is 5.01. The largest absolute Gasteiger partial charge is 0.489 e. The van der Waals surface area contributed by atoms with Crippen molar-refractivity contribution in [1.29, 1.82) is 0 Å². The van der Waals surface area contributed by atoms with E-state index in [1.165, 1.54) is 0 Å². The Morgan fingerprint density at radius 2 is 1.86 bits per heavy atom. The highest BCUT2D eigenvalue weighted by Gasteiger charge is 2.32. The van der Waals surface area contributed by atoms with Crippen molar-refractivity contribution in [2.45, 2.75) is 51.5 Å². The Balaban J connectivity index is 1.59. The van der Waals surface area contributed by atoms with Gasteiger partial charge in [-0.05, 0) is 48.7 Å². The first-order valence-electron chi connectivity index (χ1n) is 10.2. The van der Waals surface area contributed by atoms with Crippen LogP contribution in [0.3, 0.4) is 0 Å². The number of piperidine rings is 1. The van der Waals surface area contributed by atoms with E-state index in [0.717, 1.165) is 58.8 Å². The molecule has 2 aromatic carbocycles. The molecule has 29 heavy (non-hydrogen) atoms. The summed E-state index contributed by atoms with van der Waals surface area (Å²) in [6, 6.07) is 14.3. The van der Waals surface area contributed by atoms with Crippen LogP contribution in [0.5, 0.6) is 5.75 Å². The maximum absolute atomic E-state index is 10.8. The Morgan fingerprint density at radius 1 is 1.17 bits per heavy atom. The standard InChI is InChI=1S/C23H30BrClN2O2/c1-17(2)26-16-23(28)9-11-27(12-10-23)14-19-13-20(24)5-8-22(19)29-15-18-3-6-21(25)7-4-18/h3-8,13,17,26,28H,9-12,14-16H2,1-2H3. The number of benzene rings is 2. The molecular formula is C23H30BrClN2O2. The number of hydrogen-bond acceptors (Lipinski definition) is 4. The van der Waals surface area contributed by atoms with Crippen LogP contribution in [0.25, 0.3) is 0 Å². The molecule has 0 aliphatic carbocycles. The van der Waals surface area contributed by atoms with Gasteiger partial charge < -0.3 is 15.2 Å². The van der Waals surface area contributed by atoms with Gasteiger partial charge in [0, 0.05) is 47.3 Å². The highest BCUT2D eigenvalue weighted by atomic mass is 79.9. The average Bonchev–Trinajstić information content (AvgIpc) is 2.69. The molecular weight excluding hydrogens is 452 g/mol. The predicted molar refractivity (Wildman–Crippen MR) is 123 cm³/mol. The summed E-state index contributed by atoms with van der Waals surface area (Å²) in [4.78, 5) is 2.39. The Kier molecular flexibility index (Phi) is 7.99. The summed E-state index contributed by atoms with van der Waals surface area (Å²) in [5.74, 6) is 0.894. The van der Waals surface area contributed by atoms with Crippen LogP contribution in [0.1, 0.15) is 37.8 Å². The molecule has 1 aliphatic rings. The van der Waals surface area contributed by atoms with Crippen molar-refractivity contribution in [3.05, 3.63) is 63.1 Å². The third-order valence-electron chi connectivity index (χ3n) is 5.35. The number of nitrogens with zero attached hydrogens (tertiary/aromatic N) is 1. The zero-order valence-electron chi connectivity index (χ0n) is 17.1. The minimum Gasteiger partial charge on any atom is -0.489 e. The summed E-state index contributed by atoms with van der Waals surface area (Å²) in [5.41, 5.74) is 1.63. The van der Waals surface area contributed by atoms with Crippen LogP contribution in [0.2, 0.25) is 5.02 Å². The monoisotopic (exact) mass is 480 g/mol. The molecule has 6 heteroatoms. The molecule has 0 saturated carbocycles. The molecule has 158 valence electrons. The first kappa shape index (κ1) is 22.6. The van der Waals surface area contributed by atoms with Gasteiger partial charge in [0.05, 0.1) is 5.60 Å². The van der Waals surface area contributed by atoms with Crippen molar-refractivity contribution < 1.29 is 9.84 Å². The average molecular weight is 482 g/mol. The number of hydrogen-bond donors (Lipinski definition) is 2. The van der Waals surface area contributed by atoms with Crippen molar-refractivity contribution in [1.82, 2.24) is 10.2 Å². The summed E-state index contributed by atoms with van der Waals surface area (Å²) < 4.78 is 7.16. The molecule has 0 bridgehead atoms. The van der Waals surface area contributed by atoms with Gasteiger partial charge in [0.25, 0.3) is 0 Å². The summed E-state index contributed by atoms with van der Waals surface area (Å²) in [6.45, 7) is 7.94. The van der Waals surface area contributed by atoms with Gasteiger partial charge in [-0.25, -0.2) is 0 Å². The summed E-state index contributed by atoms with van der Waals surface area (Å²) >= 11 is 9.54. The second-order valence-electron chi connectivity index (χ2n) is 8.20. The zero-order valence-corrected chi connectivity index (χ0v) is 19.5. The topological polar surface area (TPSA) is 44.7 Å². The fraction of sp³-hybridized carbons (Fsp3) is 0.478. The Labute approximate surface area is 187 Å². The first-order chi connectivity index (χ1) is 13.8. The maximum Gasteiger partial charge on any atom is 0.124 e. The third kappa shape index (κ3) is 6.97. The minimum absolute atomic E-state index is 0.388. The molecule has 4 nitrogen and oxygen atoms in total. The second kappa shape index (κ2) is 10.3. The molecule has 3 rings (SSSR count). The number of likely N-dealkylation sites (tertiary alicyclic amines) is 1. The van der Waals surface area contributed by atoms with Crippen LogP contribution in [0, 0.1) is 0 Å². The molecule has 1 aliphatic heterocycles. The van der Waals surface area contributed by atoms with Crippen molar-refractivity contribution in [3.63, 3.8) is 0 Å². The molecule has 0 aromatic heterocycles. The fourth-order valence-electron chi connectivity index (χ4n) is 3.49. The number of halogens is 2. The van der Waals surface area contributed by atoms with Crippen molar-refractivity contribution in [2.75, 3.05) is 19.6 Å². The molecule has 0 unspecified atom stereocenters. The van der Waals surface area contributed by atoms with Gasteiger partial charge in [-0.2, -0.15) is 0 Å². The molecule has 1 fully saturated rings. The van der Waals surface area contributed by atoms with Crippen molar-refractivity contribution in [2.24, 2.45) is 0 Å². The molecule has 0 amide bonds. The van der Waals surface area contributed by atoms with Gasteiger partial charge in [-0.1, -0.05) is 53.5 Å². The lowest BCUT2D eigenvalue weighted by molar-refractivity contribution is -0.0229. The lowest BCUT2D eigenvalue weighted by Crippen LogP contribution is -2.50. The van der Waals surface area contributed by atoms with E-state index >= 15 is 0 Å². The number of rotatable bonds is 8. The van der Waals surface area contributed by atoms with Crippen LogP contribution in [0.15, 0.2) is 46.9 Å². The molecule has 1 heterocycles. The van der Waals surface area contributed by atoms with Crippen molar-refractivity contribution in [3.8, 4) is 5.75 Å². The fourth-order valence-corrected chi connectivity index (χ4v) is 4.03. The lowest BCUT2D eigenvalue weighted by Gasteiger charge is -2.39. The second-order valence-corrected chi connectivity index (χ2v) is 9.56. The van der Waals surface area contributed by atoms with Crippen LogP contribution in [0.4, 0.5) is 0 Å². The van der Waals surface area contributed by atoms with Crippen LogP contribution < -0.4 is 10.1 Å². The van der Waals surface area contributed by atoms with Gasteiger partial charge in [0.2, 0.25) is 0 Å². The van der Waals surface area contributed by atoms with Gasteiger partial charge >= 0.3 is 0 Å². The van der Waals surface area contributed by atoms with Crippen LogP contribution >= 0.6 is 27.5 Å². The Morgan fingerprint density at radius 3 is 2.52 bits per heavy atom. The summed E-state index contributed by atoms with van der Waals surface area (Å²) in [7, 11) is 0. The molecule has 0 radical (unpaired) electrons. The minimum atomic E-state index is -0.605. The van der Waals surface area contributed by atoms with Gasteiger partial charge in [-0.15, -0.1) is 0 Å². The van der Waals surface area contributed by atoms with E-state index in [1.54, 1.807) is 0 Å². The van der Waals surface area contributed by atoms with E-state index in [-0.39, 0.29) is 0 Å².